The second-order valence-electron chi connectivity index (χ2n) is 9.90. The van der Waals surface area contributed by atoms with E-state index in [1.807, 2.05) is 0 Å². The van der Waals surface area contributed by atoms with E-state index in [0.29, 0.717) is 15.9 Å². The number of rotatable bonds is 6. The number of nitrogens with zero attached hydrogens (tertiary/aromatic N) is 2. The highest BCUT2D eigenvalue weighted by atomic mass is 35.5. The Balaban J connectivity index is 1.98. The van der Waals surface area contributed by atoms with Crippen LogP contribution in [0.3, 0.4) is 0 Å². The minimum Gasteiger partial charge on any atom is -0.497 e. The van der Waals surface area contributed by atoms with Gasteiger partial charge >= 0.3 is 18.1 Å². The Morgan fingerprint density at radius 1 is 1.12 bits per heavy atom. The average Bonchev–Trinajstić information content (AvgIpc) is 3.38. The number of aliphatic carboxylic acids is 1. The molecule has 2 fully saturated rings. The summed E-state index contributed by atoms with van der Waals surface area (Å²) < 4.78 is 24.2. The predicted molar refractivity (Wildman–Crippen MR) is 137 cm³/mol. The minimum absolute atomic E-state index is 0.157. The number of carbonyl (C=O) groups is 5. The maximum absolute atomic E-state index is 18.5. The van der Waals surface area contributed by atoms with E-state index in [2.05, 4.69) is 0 Å². The molecule has 8 N–H and O–H groups in total. The number of methoxy groups -OCH3 is 1. The van der Waals surface area contributed by atoms with Crippen LogP contribution in [0.1, 0.15) is 28.9 Å². The second kappa shape index (κ2) is 8.45. The van der Waals surface area contributed by atoms with Crippen molar-refractivity contribution in [3.8, 4) is 5.75 Å². The molecule has 4 amide bonds. The van der Waals surface area contributed by atoms with Crippen molar-refractivity contribution in [2.45, 2.75) is 35.0 Å². The molecule has 5 rings (SSSR count). The summed E-state index contributed by atoms with van der Waals surface area (Å²) in [6.07, 6.45) is 1.15. The Kier molecular flexibility index (Phi) is 5.70. The minimum atomic E-state index is -3.55. The number of carboxylic acid groups (broad SMARTS) is 2. The molecule has 2 aromatic rings. The van der Waals surface area contributed by atoms with Crippen molar-refractivity contribution in [2.24, 2.45) is 23.1 Å². The van der Waals surface area contributed by atoms with Crippen molar-refractivity contribution >= 4 is 52.4 Å². The van der Waals surface area contributed by atoms with Crippen molar-refractivity contribution in [1.82, 2.24) is 9.47 Å². The number of nitrogens with two attached hydrogens (primary N) is 3. The number of carboxylic acids is 1. The lowest BCUT2D eigenvalue weighted by Crippen LogP contribution is -2.72. The number of alkyl halides is 2. The summed E-state index contributed by atoms with van der Waals surface area (Å²) in [5.41, 5.74) is 7.81. The molecule has 15 heteroatoms. The number of ether oxygens (including phenoxy) is 1. The standard InChI is InChI=1S/C25H23ClFN5O8/c1-40-11-4-5-12-15(8-11)31(21(30)37)17(19(29)34)16(12)25(27)13(18(28)33)3-2-6-24(25,26)23(20(35)36)9-10-7-14(10)32(23)22(38)39/h2-6,8,10,14H,7,9H2,1H3,(H2,28,33)(H2,29,34)(H2,30,37)(H,35,36)(H,38,39)/t10-,14-,23-,24?,25?/m1/s1. The first kappa shape index (κ1) is 27.0. The lowest BCUT2D eigenvalue weighted by atomic mass is 9.62. The van der Waals surface area contributed by atoms with Gasteiger partial charge in [0.05, 0.1) is 18.2 Å². The van der Waals surface area contributed by atoms with Crippen LogP contribution >= 0.6 is 11.6 Å². The molecular weight excluding hydrogens is 553 g/mol. The van der Waals surface area contributed by atoms with Gasteiger partial charge in [-0.1, -0.05) is 18.2 Å². The van der Waals surface area contributed by atoms with Gasteiger partial charge in [0.1, 0.15) is 16.3 Å². The quantitative estimate of drug-likeness (QED) is 0.316. The fraction of sp³-hybridized carbons (Fsp3) is 0.320. The maximum Gasteiger partial charge on any atom is 0.408 e. The average molecular weight is 576 g/mol. The fourth-order valence-corrected chi connectivity index (χ4v) is 6.92. The van der Waals surface area contributed by atoms with E-state index in [0.717, 1.165) is 18.2 Å². The summed E-state index contributed by atoms with van der Waals surface area (Å²) in [5, 5.41) is 20.5. The molecule has 40 heavy (non-hydrogen) atoms. The van der Waals surface area contributed by atoms with Crippen LogP contribution in [0.2, 0.25) is 0 Å². The number of hydrogen-bond acceptors (Lipinski definition) is 6. The zero-order chi connectivity index (χ0) is 29.5. The van der Waals surface area contributed by atoms with E-state index in [1.54, 1.807) is 0 Å². The summed E-state index contributed by atoms with van der Waals surface area (Å²) in [4.78, 5) is 61.5. The third kappa shape index (κ3) is 3.10. The SMILES string of the molecule is COc1ccc2c(C3(F)C(C(N)=O)=CC=CC3(Cl)[C@]3(C(=O)O)C[C@H]4C[C@H]4N3C(=O)O)c(C(N)=O)n(C(N)=O)c2c1. The fourth-order valence-electron chi connectivity index (χ4n) is 6.40. The van der Waals surface area contributed by atoms with Crippen molar-refractivity contribution < 1.29 is 43.3 Å². The van der Waals surface area contributed by atoms with E-state index in [1.165, 1.54) is 25.3 Å². The van der Waals surface area contributed by atoms with E-state index in [-0.39, 0.29) is 16.7 Å². The van der Waals surface area contributed by atoms with Gasteiger partial charge in [-0.15, -0.1) is 11.6 Å². The highest BCUT2D eigenvalue weighted by molar-refractivity contribution is 6.31. The predicted octanol–water partition coefficient (Wildman–Crippen LogP) is 1.40. The van der Waals surface area contributed by atoms with Crippen LogP contribution in [0, 0.1) is 5.92 Å². The largest absolute Gasteiger partial charge is 0.497 e. The Hall–Kier alpha value is -4.59. The van der Waals surface area contributed by atoms with E-state index < -0.39 is 81.2 Å². The first-order valence-corrected chi connectivity index (χ1v) is 12.2. The maximum atomic E-state index is 18.5. The molecule has 1 aromatic carbocycles. The molecule has 0 bridgehead atoms. The van der Waals surface area contributed by atoms with Crippen molar-refractivity contribution in [3.63, 3.8) is 0 Å². The molecule has 1 aliphatic heterocycles. The molecule has 2 unspecified atom stereocenters. The van der Waals surface area contributed by atoms with Crippen molar-refractivity contribution in [3.05, 3.63) is 53.3 Å². The van der Waals surface area contributed by atoms with Gasteiger partial charge in [-0.3, -0.25) is 19.1 Å². The molecule has 5 atom stereocenters. The van der Waals surface area contributed by atoms with Gasteiger partial charge in [-0.25, -0.2) is 18.8 Å². The summed E-state index contributed by atoms with van der Waals surface area (Å²) in [6.45, 7) is 0. The lowest BCUT2D eigenvalue weighted by molar-refractivity contribution is -0.154. The summed E-state index contributed by atoms with van der Waals surface area (Å²) in [7, 11) is 1.30. The third-order valence-electron chi connectivity index (χ3n) is 8.05. The van der Waals surface area contributed by atoms with Crippen molar-refractivity contribution in [2.75, 3.05) is 7.11 Å². The van der Waals surface area contributed by atoms with Gasteiger partial charge in [0, 0.05) is 23.1 Å². The van der Waals surface area contributed by atoms with Crippen LogP contribution in [0.4, 0.5) is 14.0 Å². The summed E-state index contributed by atoms with van der Waals surface area (Å²) in [6, 6.07) is 1.76. The smallest absolute Gasteiger partial charge is 0.408 e. The first-order valence-electron chi connectivity index (χ1n) is 11.8. The van der Waals surface area contributed by atoms with Gasteiger partial charge in [0.15, 0.2) is 11.2 Å². The zero-order valence-electron chi connectivity index (χ0n) is 20.8. The van der Waals surface area contributed by atoms with Crippen LogP contribution < -0.4 is 21.9 Å². The number of benzene rings is 1. The van der Waals surface area contributed by atoms with Crippen molar-refractivity contribution in [1.29, 1.82) is 0 Å². The van der Waals surface area contributed by atoms with E-state index in [9.17, 15) is 34.2 Å². The number of likely N-dealkylation sites (tertiary alicyclic amines) is 1. The van der Waals surface area contributed by atoms with Crippen LogP contribution in [0.25, 0.3) is 10.9 Å². The number of halogens is 2. The molecule has 2 heterocycles. The number of primary amides is 3. The van der Waals surface area contributed by atoms with Gasteiger partial charge in [-0.05, 0) is 30.9 Å². The van der Waals surface area contributed by atoms with Gasteiger partial charge in [0.2, 0.25) is 5.91 Å². The van der Waals surface area contributed by atoms with Crippen LogP contribution in [-0.2, 0) is 15.3 Å². The monoisotopic (exact) mass is 575 g/mol. The molecule has 3 aliphatic rings. The Morgan fingerprint density at radius 2 is 1.80 bits per heavy atom. The molecule has 1 saturated heterocycles. The molecule has 1 saturated carbocycles. The number of hydrogen-bond donors (Lipinski definition) is 5. The number of aromatic nitrogens is 1. The highest BCUT2D eigenvalue weighted by Crippen LogP contribution is 2.66. The van der Waals surface area contributed by atoms with Crippen LogP contribution in [0.5, 0.6) is 5.75 Å². The van der Waals surface area contributed by atoms with Crippen LogP contribution in [-0.4, -0.2) is 73.2 Å². The number of piperidine rings is 1. The number of fused-ring (bicyclic) bond motifs is 2. The molecule has 2 aliphatic carbocycles. The molecule has 0 radical (unpaired) electrons. The normalized spacial score (nSPS) is 30.5. The molecule has 13 nitrogen and oxygen atoms in total. The molecule has 210 valence electrons. The second-order valence-corrected chi connectivity index (χ2v) is 10.5. The van der Waals surface area contributed by atoms with Gasteiger partial charge < -0.3 is 32.2 Å². The lowest BCUT2D eigenvalue weighted by Gasteiger charge is -2.53. The highest BCUT2D eigenvalue weighted by Gasteiger charge is 2.79. The summed E-state index contributed by atoms with van der Waals surface area (Å²) >= 11 is 7.06. The number of allylic oxidation sites excluding steroid dienone is 2. The zero-order valence-corrected chi connectivity index (χ0v) is 21.5. The molecular formula is C25H23ClFN5O8. The van der Waals surface area contributed by atoms with E-state index in [4.69, 9.17) is 33.5 Å². The van der Waals surface area contributed by atoms with Crippen LogP contribution in [0.15, 0.2) is 42.0 Å². The topological polar surface area (TPSA) is 221 Å². The number of carbonyl (C=O) groups excluding carboxylic acids is 3. The Bertz CT molecular complexity index is 1620. The molecule has 1 aromatic heterocycles. The van der Waals surface area contributed by atoms with Gasteiger partial charge in [0.25, 0.3) is 5.91 Å². The molecule has 0 spiro atoms. The number of amides is 4. The Morgan fingerprint density at radius 3 is 2.33 bits per heavy atom. The summed E-state index contributed by atoms with van der Waals surface area (Å²) in [5.74, 6) is -4.88. The first-order chi connectivity index (χ1) is 18.7. The van der Waals surface area contributed by atoms with Gasteiger partial charge in [-0.2, -0.15) is 0 Å². The van der Waals surface area contributed by atoms with E-state index >= 15 is 4.39 Å². The Labute approximate surface area is 229 Å². The third-order valence-corrected chi connectivity index (χ3v) is 8.75.